The van der Waals surface area contributed by atoms with Gasteiger partial charge in [-0.3, -0.25) is 4.79 Å². The fourth-order valence-electron chi connectivity index (χ4n) is 2.06. The van der Waals surface area contributed by atoms with Gasteiger partial charge in [-0.15, -0.1) is 0 Å². The number of hydrogen-bond acceptors (Lipinski definition) is 3. The minimum Gasteiger partial charge on any atom is -0.489 e. The summed E-state index contributed by atoms with van der Waals surface area (Å²) in [6, 6.07) is 15.6. The topological polar surface area (TPSA) is 50.4 Å². The van der Waals surface area contributed by atoms with Crippen LogP contribution in [0.15, 0.2) is 48.5 Å². The van der Waals surface area contributed by atoms with E-state index in [4.69, 9.17) is 4.74 Å². The molecule has 0 spiro atoms. The molecule has 0 heterocycles. The van der Waals surface area contributed by atoms with Crippen molar-refractivity contribution in [3.05, 3.63) is 59.7 Å². The summed E-state index contributed by atoms with van der Waals surface area (Å²) in [7, 11) is 1.83. The highest BCUT2D eigenvalue weighted by atomic mass is 16.5. The number of aryl methyl sites for hydroxylation is 1. The monoisotopic (exact) mass is 298 g/mol. The van der Waals surface area contributed by atoms with Crippen LogP contribution in [0.25, 0.3) is 0 Å². The van der Waals surface area contributed by atoms with E-state index in [0.717, 1.165) is 17.0 Å². The van der Waals surface area contributed by atoms with E-state index in [1.807, 2.05) is 43.4 Å². The molecule has 22 heavy (non-hydrogen) atoms. The summed E-state index contributed by atoms with van der Waals surface area (Å²) in [5.74, 6) is 0.736. The maximum absolute atomic E-state index is 11.7. The van der Waals surface area contributed by atoms with E-state index < -0.39 is 0 Å². The number of anilines is 1. The van der Waals surface area contributed by atoms with Gasteiger partial charge in [0.15, 0.2) is 0 Å². The Kier molecular flexibility index (Phi) is 5.98. The lowest BCUT2D eigenvalue weighted by Gasteiger charge is -2.10. The third-order valence-corrected chi connectivity index (χ3v) is 3.38. The number of hydrogen-bond donors (Lipinski definition) is 2. The lowest BCUT2D eigenvalue weighted by atomic mass is 10.1. The van der Waals surface area contributed by atoms with E-state index in [-0.39, 0.29) is 5.91 Å². The zero-order valence-electron chi connectivity index (χ0n) is 13.1. The zero-order valence-corrected chi connectivity index (χ0v) is 13.1. The predicted octanol–water partition coefficient (Wildman–Crippen LogP) is 3.12. The van der Waals surface area contributed by atoms with Gasteiger partial charge in [0.2, 0.25) is 5.91 Å². The smallest absolute Gasteiger partial charge is 0.225 e. The van der Waals surface area contributed by atoms with Crippen molar-refractivity contribution in [3.8, 4) is 5.75 Å². The molecule has 2 N–H and O–H groups in total. The van der Waals surface area contributed by atoms with Gasteiger partial charge in [0.05, 0.1) is 0 Å². The Labute approximate surface area is 131 Å². The summed E-state index contributed by atoms with van der Waals surface area (Å²) in [6.45, 7) is 3.25. The molecule has 0 bridgehead atoms. The molecule has 0 aliphatic carbocycles. The van der Waals surface area contributed by atoms with E-state index in [1.165, 1.54) is 5.56 Å². The van der Waals surface area contributed by atoms with E-state index in [2.05, 4.69) is 29.7 Å². The van der Waals surface area contributed by atoms with Crippen LogP contribution in [0.5, 0.6) is 5.75 Å². The molecule has 116 valence electrons. The van der Waals surface area contributed by atoms with Gasteiger partial charge in [-0.1, -0.05) is 30.3 Å². The van der Waals surface area contributed by atoms with Crippen LogP contribution in [0.3, 0.4) is 0 Å². The molecule has 2 aromatic carbocycles. The molecule has 0 atom stereocenters. The molecule has 0 radical (unpaired) electrons. The third-order valence-electron chi connectivity index (χ3n) is 3.38. The van der Waals surface area contributed by atoms with Crippen molar-refractivity contribution >= 4 is 11.6 Å². The number of carbonyl (C=O) groups excluding carboxylic acids is 1. The standard InChI is InChI=1S/C18H22N2O2/c1-14-6-3-4-7-15(14)13-22-17-9-5-8-16(12-17)20-18(21)10-11-19-2/h3-9,12,19H,10-11,13H2,1-2H3,(H,20,21). The van der Waals surface area contributed by atoms with E-state index in [0.29, 0.717) is 19.6 Å². The first-order valence-electron chi connectivity index (χ1n) is 7.41. The molecule has 2 rings (SSSR count). The molecule has 2 aromatic rings. The number of nitrogens with one attached hydrogen (secondary N) is 2. The van der Waals surface area contributed by atoms with Gasteiger partial charge < -0.3 is 15.4 Å². The molecule has 0 aromatic heterocycles. The molecule has 0 saturated carbocycles. The fourth-order valence-corrected chi connectivity index (χ4v) is 2.06. The van der Waals surface area contributed by atoms with Crippen LogP contribution in [-0.2, 0) is 11.4 Å². The minimum absolute atomic E-state index is 0.00889. The van der Waals surface area contributed by atoms with Crippen molar-refractivity contribution in [2.45, 2.75) is 20.0 Å². The molecule has 0 unspecified atom stereocenters. The van der Waals surface area contributed by atoms with Crippen LogP contribution in [0, 0.1) is 6.92 Å². The molecular weight excluding hydrogens is 276 g/mol. The van der Waals surface area contributed by atoms with Crippen molar-refractivity contribution in [1.29, 1.82) is 0 Å². The number of carbonyl (C=O) groups is 1. The van der Waals surface area contributed by atoms with Gasteiger partial charge in [0.25, 0.3) is 0 Å². The van der Waals surface area contributed by atoms with Crippen molar-refractivity contribution < 1.29 is 9.53 Å². The van der Waals surface area contributed by atoms with Gasteiger partial charge >= 0.3 is 0 Å². The highest BCUT2D eigenvalue weighted by molar-refractivity contribution is 5.90. The number of amides is 1. The first-order chi connectivity index (χ1) is 10.7. The van der Waals surface area contributed by atoms with Gasteiger partial charge in [-0.05, 0) is 37.2 Å². The van der Waals surface area contributed by atoms with Crippen molar-refractivity contribution in [3.63, 3.8) is 0 Å². The van der Waals surface area contributed by atoms with E-state index >= 15 is 0 Å². The Morgan fingerprint density at radius 1 is 1.14 bits per heavy atom. The lowest BCUT2D eigenvalue weighted by Crippen LogP contribution is -2.18. The molecule has 0 aliphatic rings. The van der Waals surface area contributed by atoms with Crippen LogP contribution in [0.1, 0.15) is 17.5 Å². The number of benzene rings is 2. The van der Waals surface area contributed by atoms with Gasteiger partial charge in [0, 0.05) is 24.7 Å². The molecular formula is C18H22N2O2. The molecule has 0 aliphatic heterocycles. The maximum Gasteiger partial charge on any atom is 0.225 e. The Bertz CT molecular complexity index is 626. The second-order valence-corrected chi connectivity index (χ2v) is 5.14. The van der Waals surface area contributed by atoms with Crippen molar-refractivity contribution in [1.82, 2.24) is 5.32 Å². The highest BCUT2D eigenvalue weighted by Crippen LogP contribution is 2.19. The van der Waals surface area contributed by atoms with E-state index in [9.17, 15) is 4.79 Å². The van der Waals surface area contributed by atoms with Crippen molar-refractivity contribution in [2.75, 3.05) is 18.9 Å². The summed E-state index contributed by atoms with van der Waals surface area (Å²) in [6.07, 6.45) is 0.449. The van der Waals surface area contributed by atoms with Crippen LogP contribution in [0.4, 0.5) is 5.69 Å². The predicted molar refractivity (Wildman–Crippen MR) is 89.1 cm³/mol. The molecule has 4 heteroatoms. The Balaban J connectivity index is 1.94. The average Bonchev–Trinajstić information content (AvgIpc) is 2.52. The SMILES string of the molecule is CNCCC(=O)Nc1cccc(OCc2ccccc2C)c1. The number of rotatable bonds is 7. The highest BCUT2D eigenvalue weighted by Gasteiger charge is 2.03. The summed E-state index contributed by atoms with van der Waals surface area (Å²) in [5.41, 5.74) is 3.12. The third kappa shape index (κ3) is 4.90. The largest absolute Gasteiger partial charge is 0.489 e. The van der Waals surface area contributed by atoms with Crippen LogP contribution >= 0.6 is 0 Å². The Morgan fingerprint density at radius 2 is 1.95 bits per heavy atom. The fraction of sp³-hybridized carbons (Fsp3) is 0.278. The minimum atomic E-state index is -0.00889. The summed E-state index contributed by atoms with van der Waals surface area (Å²) < 4.78 is 5.81. The first-order valence-corrected chi connectivity index (χ1v) is 7.41. The van der Waals surface area contributed by atoms with Crippen LogP contribution < -0.4 is 15.4 Å². The van der Waals surface area contributed by atoms with Gasteiger partial charge in [-0.25, -0.2) is 0 Å². The van der Waals surface area contributed by atoms with Gasteiger partial charge in [-0.2, -0.15) is 0 Å². The Morgan fingerprint density at radius 3 is 2.73 bits per heavy atom. The number of ether oxygens (including phenoxy) is 1. The van der Waals surface area contributed by atoms with Crippen molar-refractivity contribution in [2.24, 2.45) is 0 Å². The second kappa shape index (κ2) is 8.20. The molecule has 4 nitrogen and oxygen atoms in total. The zero-order chi connectivity index (χ0) is 15.8. The normalized spacial score (nSPS) is 10.3. The lowest BCUT2D eigenvalue weighted by molar-refractivity contribution is -0.116. The summed E-state index contributed by atoms with van der Waals surface area (Å²) >= 11 is 0. The molecule has 0 saturated heterocycles. The molecule has 0 fully saturated rings. The molecule has 1 amide bonds. The average molecular weight is 298 g/mol. The maximum atomic E-state index is 11.7. The Hall–Kier alpha value is -2.33. The second-order valence-electron chi connectivity index (χ2n) is 5.14. The summed E-state index contributed by atoms with van der Waals surface area (Å²) in [5, 5.41) is 5.82. The van der Waals surface area contributed by atoms with Crippen LogP contribution in [-0.4, -0.2) is 19.5 Å². The van der Waals surface area contributed by atoms with Crippen LogP contribution in [0.2, 0.25) is 0 Å². The summed E-state index contributed by atoms with van der Waals surface area (Å²) in [4.78, 5) is 11.7. The first kappa shape index (κ1) is 16.0. The van der Waals surface area contributed by atoms with Gasteiger partial charge in [0.1, 0.15) is 12.4 Å². The van der Waals surface area contributed by atoms with E-state index in [1.54, 1.807) is 0 Å². The quantitative estimate of drug-likeness (QED) is 0.825.